The molecule has 0 aliphatic heterocycles. The first-order valence-electron chi connectivity index (χ1n) is 8.33. The van der Waals surface area contributed by atoms with Gasteiger partial charge in [0.05, 0.1) is 9.25 Å². The predicted octanol–water partition coefficient (Wildman–Crippen LogP) is 4.70. The third kappa shape index (κ3) is 4.87. The van der Waals surface area contributed by atoms with Crippen LogP contribution in [0, 0.1) is 16.0 Å². The monoisotopic (exact) mass is 411 g/mol. The minimum absolute atomic E-state index is 0.0238. The summed E-state index contributed by atoms with van der Waals surface area (Å²) in [5.74, 6) is -0.823. The first-order chi connectivity index (χ1) is 11.6. The molecule has 1 fully saturated rings. The molecule has 0 bridgehead atoms. The van der Waals surface area contributed by atoms with Crippen LogP contribution in [0.15, 0.2) is 18.2 Å². The third-order valence-electron chi connectivity index (χ3n) is 4.78. The summed E-state index contributed by atoms with van der Waals surface area (Å²) < 4.78 is -0.780. The number of rotatable bonds is 6. The zero-order valence-electron chi connectivity index (χ0n) is 14.3. The maximum atomic E-state index is 12.3. The zero-order valence-corrected chi connectivity index (χ0v) is 15.9. The number of carbonyl (C=O) groups is 2. The molecule has 2 rings (SSSR count). The Kier molecular flexibility index (Phi) is 5.98. The number of carboxylic acids is 1. The Morgan fingerprint density at radius 1 is 1.28 bits per heavy atom. The molecule has 25 heavy (non-hydrogen) atoms. The van der Waals surface area contributed by atoms with Crippen molar-refractivity contribution in [3.8, 4) is 0 Å². The number of Topliss-reactive ketones (excluding diaryl/α,β-unsaturated/α-hetero) is 1. The first kappa shape index (κ1) is 19.6. The second-order valence-corrected chi connectivity index (χ2v) is 9.13. The van der Waals surface area contributed by atoms with Gasteiger partial charge in [0, 0.05) is 23.6 Å². The molecule has 136 valence electrons. The molecule has 1 aliphatic carbocycles. The Hall–Kier alpha value is -1.76. The predicted molar refractivity (Wildman–Crippen MR) is 97.4 cm³/mol. The molecule has 0 saturated heterocycles. The Morgan fingerprint density at radius 2 is 1.88 bits per heavy atom. The van der Waals surface area contributed by atoms with Gasteiger partial charge in [-0.3, -0.25) is 19.7 Å². The van der Waals surface area contributed by atoms with Crippen molar-refractivity contribution < 1.29 is 19.6 Å². The molecule has 1 aromatic carbocycles. The maximum absolute atomic E-state index is 12.3. The average Bonchev–Trinajstić information content (AvgIpc) is 2.53. The van der Waals surface area contributed by atoms with Gasteiger partial charge >= 0.3 is 5.97 Å². The molecule has 0 amide bonds. The number of nitro groups is 1. The van der Waals surface area contributed by atoms with Crippen molar-refractivity contribution >= 4 is 33.4 Å². The fourth-order valence-electron chi connectivity index (χ4n) is 3.46. The van der Waals surface area contributed by atoms with Crippen molar-refractivity contribution in [1.29, 1.82) is 0 Å². The lowest BCUT2D eigenvalue weighted by atomic mass is 9.77. The summed E-state index contributed by atoms with van der Waals surface area (Å²) in [5.41, 5.74) is 0.934. The van der Waals surface area contributed by atoms with E-state index < -0.39 is 15.2 Å². The van der Waals surface area contributed by atoms with Crippen molar-refractivity contribution in [3.63, 3.8) is 0 Å². The van der Waals surface area contributed by atoms with Crippen LogP contribution in [0.4, 0.5) is 5.69 Å². The van der Waals surface area contributed by atoms with Gasteiger partial charge < -0.3 is 5.11 Å². The van der Waals surface area contributed by atoms with Crippen LogP contribution in [0.5, 0.6) is 0 Å². The fraction of sp³-hybridized carbons (Fsp3) is 0.556. The molecular formula is C18H22BrNO5. The molecule has 1 aliphatic rings. The Bertz CT molecular complexity index is 687. The molecule has 6 nitrogen and oxygen atoms in total. The van der Waals surface area contributed by atoms with Gasteiger partial charge in [0.1, 0.15) is 0 Å². The number of nitrogens with zero attached hydrogens (tertiary/aromatic N) is 1. The number of carbonyl (C=O) groups excluding carboxylic acids is 1. The lowest BCUT2D eigenvalue weighted by Gasteiger charge is -2.27. The van der Waals surface area contributed by atoms with Crippen LogP contribution in [0.1, 0.15) is 67.8 Å². The largest absolute Gasteiger partial charge is 0.481 e. The van der Waals surface area contributed by atoms with Gasteiger partial charge in [-0.25, -0.2) is 0 Å². The first-order valence-corrected chi connectivity index (χ1v) is 9.12. The van der Waals surface area contributed by atoms with Crippen LogP contribution in [0.25, 0.3) is 0 Å². The van der Waals surface area contributed by atoms with Crippen molar-refractivity contribution in [2.24, 2.45) is 5.92 Å². The van der Waals surface area contributed by atoms with Gasteiger partial charge in [-0.05, 0) is 51.4 Å². The summed E-state index contributed by atoms with van der Waals surface area (Å²) in [5, 5.41) is 20.4. The molecule has 0 unspecified atom stereocenters. The molecule has 7 heteroatoms. The van der Waals surface area contributed by atoms with E-state index in [0.717, 1.165) is 25.7 Å². The SMILES string of the molecule is CC(C)(Br)C(=O)c1ccc([C@H]2CC[C@H](CC(=O)O)CC2)c([N+](=O)[O-])c1. The maximum Gasteiger partial charge on any atom is 0.303 e. The van der Waals surface area contributed by atoms with E-state index in [1.165, 1.54) is 6.07 Å². The van der Waals surface area contributed by atoms with Crippen LogP contribution in [0.2, 0.25) is 0 Å². The minimum Gasteiger partial charge on any atom is -0.481 e. The van der Waals surface area contributed by atoms with Gasteiger partial charge in [-0.2, -0.15) is 0 Å². The fourth-order valence-corrected chi connectivity index (χ4v) is 3.68. The molecule has 0 atom stereocenters. The average molecular weight is 412 g/mol. The summed E-state index contributed by atoms with van der Waals surface area (Å²) in [6, 6.07) is 4.70. The lowest BCUT2D eigenvalue weighted by Crippen LogP contribution is -2.24. The number of nitro benzene ring substituents is 1. The van der Waals surface area contributed by atoms with Gasteiger partial charge in [-0.1, -0.05) is 28.1 Å². The van der Waals surface area contributed by atoms with Crippen molar-refractivity contribution in [2.45, 2.75) is 56.2 Å². The smallest absolute Gasteiger partial charge is 0.303 e. The summed E-state index contributed by atoms with van der Waals surface area (Å²) in [6.45, 7) is 3.41. The summed E-state index contributed by atoms with van der Waals surface area (Å²) >= 11 is 3.30. The Balaban J connectivity index is 2.23. The van der Waals surface area contributed by atoms with Crippen molar-refractivity contribution in [3.05, 3.63) is 39.4 Å². The van der Waals surface area contributed by atoms with Gasteiger partial charge in [0.2, 0.25) is 0 Å². The number of aliphatic carboxylic acids is 1. The molecule has 0 heterocycles. The van der Waals surface area contributed by atoms with Gasteiger partial charge in [0.15, 0.2) is 5.78 Å². The number of halogens is 1. The van der Waals surface area contributed by atoms with E-state index in [-0.39, 0.29) is 29.7 Å². The number of alkyl halides is 1. The van der Waals surface area contributed by atoms with E-state index in [4.69, 9.17) is 5.11 Å². The number of benzene rings is 1. The van der Waals surface area contributed by atoms with Crippen molar-refractivity contribution in [1.82, 2.24) is 0 Å². The molecular weight excluding hydrogens is 390 g/mol. The van der Waals surface area contributed by atoms with E-state index in [0.29, 0.717) is 11.1 Å². The number of ketones is 1. The molecule has 0 radical (unpaired) electrons. The summed E-state index contributed by atoms with van der Waals surface area (Å²) in [4.78, 5) is 34.2. The normalized spacial score (nSPS) is 20.9. The Labute approximate surface area is 154 Å². The topological polar surface area (TPSA) is 97.5 Å². The third-order valence-corrected chi connectivity index (χ3v) is 5.14. The van der Waals surface area contributed by atoms with Crippen LogP contribution in [-0.4, -0.2) is 26.1 Å². The second kappa shape index (κ2) is 7.64. The number of hydrogen-bond donors (Lipinski definition) is 1. The van der Waals surface area contributed by atoms with E-state index in [1.807, 2.05) is 0 Å². The zero-order chi connectivity index (χ0) is 18.8. The Morgan fingerprint density at radius 3 is 2.36 bits per heavy atom. The quantitative estimate of drug-likeness (QED) is 0.316. The highest BCUT2D eigenvalue weighted by Crippen LogP contribution is 2.41. The highest BCUT2D eigenvalue weighted by Gasteiger charge is 2.31. The van der Waals surface area contributed by atoms with Crippen LogP contribution in [-0.2, 0) is 4.79 Å². The van der Waals surface area contributed by atoms with E-state index >= 15 is 0 Å². The molecule has 0 aromatic heterocycles. The second-order valence-electron chi connectivity index (χ2n) is 7.15. The molecule has 1 N–H and O–H groups in total. The molecule has 0 spiro atoms. The number of carboxylic acid groups (broad SMARTS) is 1. The van der Waals surface area contributed by atoms with Crippen LogP contribution < -0.4 is 0 Å². The van der Waals surface area contributed by atoms with E-state index in [1.54, 1.807) is 26.0 Å². The van der Waals surface area contributed by atoms with Crippen LogP contribution in [0.3, 0.4) is 0 Å². The lowest BCUT2D eigenvalue weighted by molar-refractivity contribution is -0.385. The van der Waals surface area contributed by atoms with E-state index in [9.17, 15) is 19.7 Å². The summed E-state index contributed by atoms with van der Waals surface area (Å²) in [6.07, 6.45) is 3.13. The minimum atomic E-state index is -0.797. The molecule has 1 aromatic rings. The number of hydrogen-bond acceptors (Lipinski definition) is 4. The van der Waals surface area contributed by atoms with Gasteiger partial charge in [-0.15, -0.1) is 0 Å². The van der Waals surface area contributed by atoms with Crippen LogP contribution >= 0.6 is 15.9 Å². The molecule has 1 saturated carbocycles. The highest BCUT2D eigenvalue weighted by atomic mass is 79.9. The van der Waals surface area contributed by atoms with Crippen molar-refractivity contribution in [2.75, 3.05) is 0 Å². The summed E-state index contributed by atoms with van der Waals surface area (Å²) in [7, 11) is 0. The standard InChI is InChI=1S/C18H22BrNO5/c1-18(2,19)17(23)13-7-8-14(15(10-13)20(24)25)12-5-3-11(4-6-12)9-16(21)22/h7-8,10-12H,3-6,9H2,1-2H3,(H,21,22)/t11-,12-. The highest BCUT2D eigenvalue weighted by molar-refractivity contribution is 9.10. The van der Waals surface area contributed by atoms with Gasteiger partial charge in [0.25, 0.3) is 5.69 Å². The van der Waals surface area contributed by atoms with E-state index in [2.05, 4.69) is 15.9 Å².